The van der Waals surface area contributed by atoms with E-state index in [1.54, 1.807) is 23.0 Å². The van der Waals surface area contributed by atoms with Gasteiger partial charge in [0.1, 0.15) is 18.0 Å². The molecule has 1 fully saturated rings. The highest BCUT2D eigenvalue weighted by atomic mass is 19.1. The number of hydrogen-bond acceptors (Lipinski definition) is 5. The Morgan fingerprint density at radius 1 is 1.00 bits per heavy atom. The molecule has 0 amide bonds. The van der Waals surface area contributed by atoms with E-state index < -0.39 is 11.6 Å². The van der Waals surface area contributed by atoms with Crippen LogP contribution < -0.4 is 0 Å². The molecule has 5 rings (SSSR count). The minimum Gasteiger partial charge on any atom is -0.381 e. The summed E-state index contributed by atoms with van der Waals surface area (Å²) in [5, 5.41) is 4.47. The highest BCUT2D eigenvalue weighted by molar-refractivity contribution is 5.90. The van der Waals surface area contributed by atoms with E-state index >= 15 is 0 Å². The van der Waals surface area contributed by atoms with Crippen molar-refractivity contribution in [3.05, 3.63) is 72.4 Å². The highest BCUT2D eigenvalue weighted by Gasteiger charge is 2.12. The van der Waals surface area contributed by atoms with Crippen LogP contribution in [0.2, 0.25) is 0 Å². The van der Waals surface area contributed by atoms with Gasteiger partial charge in [-0.05, 0) is 56.5 Å². The van der Waals surface area contributed by atoms with Crippen molar-refractivity contribution >= 4 is 11.0 Å². The summed E-state index contributed by atoms with van der Waals surface area (Å²) in [6.07, 6.45) is 8.90. The summed E-state index contributed by atoms with van der Waals surface area (Å²) in [7, 11) is 1.89. The molecule has 0 N–H and O–H groups in total. The van der Waals surface area contributed by atoms with Gasteiger partial charge < -0.3 is 4.74 Å². The fourth-order valence-electron chi connectivity index (χ4n) is 2.97. The third kappa shape index (κ3) is 6.62. The first-order chi connectivity index (χ1) is 15.0. The molecule has 6 nitrogen and oxygen atoms in total. The molecular weight excluding hydrogens is 400 g/mol. The third-order valence-corrected chi connectivity index (χ3v) is 4.54. The predicted molar refractivity (Wildman–Crippen MR) is 115 cm³/mol. The van der Waals surface area contributed by atoms with Gasteiger partial charge in [-0.15, -0.1) is 0 Å². The van der Waals surface area contributed by atoms with Gasteiger partial charge in [-0.1, -0.05) is 0 Å². The monoisotopic (exact) mass is 425 g/mol. The van der Waals surface area contributed by atoms with E-state index in [2.05, 4.69) is 20.1 Å². The smallest absolute Gasteiger partial charge is 0.163 e. The van der Waals surface area contributed by atoms with Gasteiger partial charge in [-0.25, -0.2) is 23.7 Å². The normalized spacial score (nSPS) is 13.0. The first-order valence-electron chi connectivity index (χ1n) is 10.1. The van der Waals surface area contributed by atoms with Crippen molar-refractivity contribution < 1.29 is 13.5 Å². The molecule has 0 unspecified atom stereocenters. The van der Waals surface area contributed by atoms with Gasteiger partial charge in [0.25, 0.3) is 0 Å². The van der Waals surface area contributed by atoms with Gasteiger partial charge in [0, 0.05) is 55.4 Å². The summed E-state index contributed by atoms with van der Waals surface area (Å²) in [6.45, 7) is 3.85. The Morgan fingerprint density at radius 2 is 1.81 bits per heavy atom. The number of aromatic nitrogens is 5. The number of fused-ring (bicyclic) bond motifs is 1. The molecule has 0 radical (unpaired) electrons. The molecule has 31 heavy (non-hydrogen) atoms. The van der Waals surface area contributed by atoms with E-state index in [0.717, 1.165) is 25.0 Å². The minimum absolute atomic E-state index is 0.236. The lowest BCUT2D eigenvalue weighted by atomic mass is 10.1. The Labute approximate surface area is 179 Å². The second-order valence-corrected chi connectivity index (χ2v) is 7.02. The molecule has 0 saturated carbocycles. The molecule has 3 aromatic heterocycles. The standard InChI is InChI=1S/C14H9F2N3.C5H10O.C4H6N2/c1-8-2-4-11-13(17-7-18-14(11)19-8)10-5-3-9(15)6-12(10)16;1-2-4-6-5-3-1;1-6-4-2-3-5-6/h2-7H,1H3;1-5H2;2-4H,1H3. The van der Waals surface area contributed by atoms with Gasteiger partial charge in [-0.2, -0.15) is 5.10 Å². The molecule has 0 atom stereocenters. The Morgan fingerprint density at radius 3 is 2.35 bits per heavy atom. The lowest BCUT2D eigenvalue weighted by Crippen LogP contribution is -2.03. The largest absolute Gasteiger partial charge is 0.381 e. The molecule has 4 aromatic rings. The molecule has 1 aliphatic heterocycles. The van der Waals surface area contributed by atoms with Crippen LogP contribution in [0.1, 0.15) is 25.0 Å². The van der Waals surface area contributed by atoms with Crippen LogP contribution in [0.3, 0.4) is 0 Å². The fraction of sp³-hybridized carbons (Fsp3) is 0.304. The Kier molecular flexibility index (Phi) is 8.12. The number of pyridine rings is 1. The number of aryl methyl sites for hydroxylation is 2. The van der Waals surface area contributed by atoms with Crippen molar-refractivity contribution in [2.75, 3.05) is 13.2 Å². The van der Waals surface area contributed by atoms with Crippen LogP contribution >= 0.6 is 0 Å². The molecule has 162 valence electrons. The maximum absolute atomic E-state index is 13.8. The Hall–Kier alpha value is -3.26. The predicted octanol–water partition coefficient (Wildman–Crippen LogP) is 4.89. The van der Waals surface area contributed by atoms with E-state index in [0.29, 0.717) is 16.7 Å². The summed E-state index contributed by atoms with van der Waals surface area (Å²) in [6, 6.07) is 8.89. The zero-order valence-electron chi connectivity index (χ0n) is 17.6. The lowest BCUT2D eigenvalue weighted by molar-refractivity contribution is 0.0968. The Bertz CT molecular complexity index is 1090. The van der Waals surface area contributed by atoms with Crippen molar-refractivity contribution in [1.82, 2.24) is 24.7 Å². The van der Waals surface area contributed by atoms with Crippen LogP contribution in [0.15, 0.2) is 55.1 Å². The van der Waals surface area contributed by atoms with Crippen LogP contribution in [-0.4, -0.2) is 37.9 Å². The molecule has 8 heteroatoms. The average molecular weight is 425 g/mol. The molecule has 1 saturated heterocycles. The number of rotatable bonds is 1. The lowest BCUT2D eigenvalue weighted by Gasteiger charge is -2.08. The van der Waals surface area contributed by atoms with Crippen LogP contribution in [0.4, 0.5) is 8.78 Å². The van der Waals surface area contributed by atoms with Crippen LogP contribution in [0, 0.1) is 18.6 Å². The summed E-state index contributed by atoms with van der Waals surface area (Å²) >= 11 is 0. The first-order valence-corrected chi connectivity index (χ1v) is 10.1. The number of benzene rings is 1. The van der Waals surface area contributed by atoms with E-state index in [9.17, 15) is 8.78 Å². The van der Waals surface area contributed by atoms with Crippen molar-refractivity contribution in [3.63, 3.8) is 0 Å². The molecule has 1 aromatic carbocycles. The summed E-state index contributed by atoms with van der Waals surface area (Å²) in [5.41, 5.74) is 1.96. The number of nitrogens with zero attached hydrogens (tertiary/aromatic N) is 5. The van der Waals surface area contributed by atoms with Crippen molar-refractivity contribution in [2.24, 2.45) is 7.05 Å². The fourth-order valence-corrected chi connectivity index (χ4v) is 2.97. The summed E-state index contributed by atoms with van der Waals surface area (Å²) in [5.74, 6) is -1.27. The van der Waals surface area contributed by atoms with Gasteiger partial charge in [0.2, 0.25) is 0 Å². The third-order valence-electron chi connectivity index (χ3n) is 4.54. The van der Waals surface area contributed by atoms with Crippen molar-refractivity contribution in [2.45, 2.75) is 26.2 Å². The second-order valence-electron chi connectivity index (χ2n) is 7.02. The quantitative estimate of drug-likeness (QED) is 0.435. The molecular formula is C23H25F2N5O. The number of halogens is 2. The molecule has 0 bridgehead atoms. The SMILES string of the molecule is C1CCOCC1.Cc1ccc2c(-c3ccc(F)cc3F)ncnc2n1.Cn1cccn1. The zero-order chi connectivity index (χ0) is 22.1. The molecule has 4 heterocycles. The van der Waals surface area contributed by atoms with Crippen molar-refractivity contribution in [3.8, 4) is 11.3 Å². The van der Waals surface area contributed by atoms with E-state index in [-0.39, 0.29) is 5.56 Å². The molecule has 0 spiro atoms. The maximum atomic E-state index is 13.8. The zero-order valence-corrected chi connectivity index (χ0v) is 17.6. The van der Waals surface area contributed by atoms with E-state index in [4.69, 9.17) is 4.74 Å². The Balaban J connectivity index is 0.000000184. The molecule has 1 aliphatic rings. The highest BCUT2D eigenvalue weighted by Crippen LogP contribution is 2.27. The van der Waals surface area contributed by atoms with E-state index in [1.165, 1.54) is 37.7 Å². The average Bonchev–Trinajstić information content (AvgIpc) is 3.26. The van der Waals surface area contributed by atoms with Gasteiger partial charge in [0.15, 0.2) is 5.65 Å². The molecule has 0 aliphatic carbocycles. The van der Waals surface area contributed by atoms with E-state index in [1.807, 2.05) is 26.2 Å². The number of hydrogen-bond donors (Lipinski definition) is 0. The van der Waals surface area contributed by atoms with Gasteiger partial charge in [-0.3, -0.25) is 4.68 Å². The minimum atomic E-state index is -0.652. The summed E-state index contributed by atoms with van der Waals surface area (Å²) < 4.78 is 33.6. The second kappa shape index (κ2) is 11.2. The summed E-state index contributed by atoms with van der Waals surface area (Å²) in [4.78, 5) is 12.4. The van der Waals surface area contributed by atoms with Crippen LogP contribution in [0.5, 0.6) is 0 Å². The van der Waals surface area contributed by atoms with Crippen molar-refractivity contribution in [1.29, 1.82) is 0 Å². The maximum Gasteiger partial charge on any atom is 0.163 e. The first kappa shape index (κ1) is 22.4. The topological polar surface area (TPSA) is 65.7 Å². The van der Waals surface area contributed by atoms with Gasteiger partial charge >= 0.3 is 0 Å². The van der Waals surface area contributed by atoms with Crippen LogP contribution in [0.25, 0.3) is 22.3 Å². The number of ether oxygens (including phenoxy) is 1. The van der Waals surface area contributed by atoms with Gasteiger partial charge in [0.05, 0.1) is 5.69 Å². The van der Waals surface area contributed by atoms with Crippen LogP contribution in [-0.2, 0) is 11.8 Å².